The molecule has 3 aromatic carbocycles. The third kappa shape index (κ3) is 5.76. The second-order valence-corrected chi connectivity index (χ2v) is 14.0. The molecule has 1 fully saturated rings. The van der Waals surface area contributed by atoms with Crippen molar-refractivity contribution < 1.29 is 18.0 Å². The number of sulfone groups is 1. The van der Waals surface area contributed by atoms with Gasteiger partial charge in [-0.05, 0) is 81.1 Å². The van der Waals surface area contributed by atoms with Crippen LogP contribution in [-0.2, 0) is 22.8 Å². The lowest BCUT2D eigenvalue weighted by Crippen LogP contribution is -2.29. The molecule has 44 heavy (non-hydrogen) atoms. The lowest BCUT2D eigenvalue weighted by atomic mass is 10.1. The molecule has 4 aromatic rings. The molecular weight excluding hydrogens is 595 g/mol. The van der Waals surface area contributed by atoms with Gasteiger partial charge >= 0.3 is 0 Å². The molecule has 1 saturated heterocycles. The van der Waals surface area contributed by atoms with Gasteiger partial charge in [0.15, 0.2) is 0 Å². The molecule has 11 heteroatoms. The molecule has 6 rings (SSSR count). The van der Waals surface area contributed by atoms with Crippen LogP contribution in [0.4, 0.5) is 5.69 Å². The summed E-state index contributed by atoms with van der Waals surface area (Å²) < 4.78 is 26.7. The largest absolute Gasteiger partial charge is 0.347 e. The Hall–Kier alpha value is -4.37. The van der Waals surface area contributed by atoms with Crippen molar-refractivity contribution in [2.24, 2.45) is 0 Å². The molecule has 1 aromatic heterocycles. The summed E-state index contributed by atoms with van der Waals surface area (Å²) in [5.74, 6) is -0.919. The fourth-order valence-electron chi connectivity index (χ4n) is 5.83. The van der Waals surface area contributed by atoms with Crippen LogP contribution in [0, 0.1) is 18.3 Å². The van der Waals surface area contributed by atoms with Crippen molar-refractivity contribution in [2.75, 3.05) is 18.4 Å². The first kappa shape index (κ1) is 29.7. The number of nitrogens with one attached hydrogen (secondary N) is 2. The fraction of sp³-hybridized carbons (Fsp3) is 0.273. The average molecular weight is 626 g/mol. The van der Waals surface area contributed by atoms with Gasteiger partial charge < -0.3 is 10.6 Å². The maximum atomic E-state index is 13.4. The first-order chi connectivity index (χ1) is 21.3. The number of carbonyl (C=O) groups excluding carboxylic acids is 2. The van der Waals surface area contributed by atoms with Crippen molar-refractivity contribution in [2.45, 2.75) is 55.0 Å². The molecule has 2 amide bonds. The zero-order valence-corrected chi connectivity index (χ0v) is 25.8. The molecule has 2 aliphatic heterocycles. The summed E-state index contributed by atoms with van der Waals surface area (Å²) in [6.07, 6.45) is 5.78. The summed E-state index contributed by atoms with van der Waals surface area (Å²) in [6, 6.07) is 19.7. The smallest absolute Gasteiger partial charge is 0.257 e. The number of carbonyl (C=O) groups is 2. The minimum absolute atomic E-state index is 0.0396. The van der Waals surface area contributed by atoms with Crippen LogP contribution in [-0.4, -0.2) is 49.2 Å². The highest BCUT2D eigenvalue weighted by Crippen LogP contribution is 2.37. The van der Waals surface area contributed by atoms with E-state index >= 15 is 0 Å². The van der Waals surface area contributed by atoms with Crippen LogP contribution < -0.4 is 10.6 Å². The molecule has 0 unspecified atom stereocenters. The molecule has 224 valence electrons. The number of anilines is 1. The third-order valence-corrected chi connectivity index (χ3v) is 11.1. The van der Waals surface area contributed by atoms with Crippen LogP contribution in [0.25, 0.3) is 10.6 Å². The van der Waals surface area contributed by atoms with Crippen molar-refractivity contribution in [3.63, 3.8) is 0 Å². The van der Waals surface area contributed by atoms with Crippen LogP contribution in [0.5, 0.6) is 0 Å². The van der Waals surface area contributed by atoms with Crippen molar-refractivity contribution in [3.8, 4) is 16.6 Å². The lowest BCUT2D eigenvalue weighted by molar-refractivity contribution is 0.0949. The number of thiazole rings is 1. The van der Waals surface area contributed by atoms with E-state index in [1.807, 2.05) is 0 Å². The van der Waals surface area contributed by atoms with E-state index in [4.69, 9.17) is 0 Å². The first-order valence-electron chi connectivity index (χ1n) is 14.5. The van der Waals surface area contributed by atoms with Crippen molar-refractivity contribution in [1.82, 2.24) is 15.2 Å². The lowest BCUT2D eigenvalue weighted by Gasteiger charge is -2.18. The Bertz CT molecular complexity index is 1890. The maximum Gasteiger partial charge on any atom is 0.257 e. The molecule has 1 atom stereocenters. The minimum Gasteiger partial charge on any atom is -0.347 e. The van der Waals surface area contributed by atoms with Gasteiger partial charge in [0.2, 0.25) is 9.84 Å². The van der Waals surface area contributed by atoms with Gasteiger partial charge in [0.05, 0.1) is 39.7 Å². The Labute approximate surface area is 260 Å². The van der Waals surface area contributed by atoms with E-state index in [9.17, 15) is 23.3 Å². The van der Waals surface area contributed by atoms with E-state index in [0.717, 1.165) is 54.2 Å². The minimum atomic E-state index is -3.96. The molecular formula is C33H31N5O4S2. The normalized spacial score (nSPS) is 17.2. The number of fused-ring (bicyclic) bond motifs is 2. The molecule has 0 spiro atoms. The molecule has 0 saturated carbocycles. The Morgan fingerprint density at radius 3 is 2.73 bits per heavy atom. The number of benzene rings is 3. The van der Waals surface area contributed by atoms with Gasteiger partial charge in [-0.3, -0.25) is 14.5 Å². The van der Waals surface area contributed by atoms with Gasteiger partial charge in [0, 0.05) is 22.2 Å². The maximum absolute atomic E-state index is 13.4. The second-order valence-electron chi connectivity index (χ2n) is 11.0. The monoisotopic (exact) mass is 625 g/mol. The predicted molar refractivity (Wildman–Crippen MR) is 168 cm³/mol. The number of hydrogen-bond acceptors (Lipinski definition) is 8. The summed E-state index contributed by atoms with van der Waals surface area (Å²) in [4.78, 5) is 33.6. The number of nitriles is 1. The van der Waals surface area contributed by atoms with E-state index in [2.05, 4.69) is 50.9 Å². The highest BCUT2D eigenvalue weighted by atomic mass is 32.2. The molecule has 0 aliphatic carbocycles. The number of likely N-dealkylation sites (tertiary alicyclic amines) is 1. The Balaban J connectivity index is 1.09. The van der Waals surface area contributed by atoms with Crippen molar-refractivity contribution >= 4 is 38.7 Å². The number of aryl methyl sites for hydroxylation is 1. The summed E-state index contributed by atoms with van der Waals surface area (Å²) in [5.41, 5.74) is 3.08. The van der Waals surface area contributed by atoms with Crippen LogP contribution >= 0.6 is 11.3 Å². The highest BCUT2D eigenvalue weighted by Gasteiger charge is 2.33. The summed E-state index contributed by atoms with van der Waals surface area (Å²) >= 11 is 1.49. The van der Waals surface area contributed by atoms with E-state index in [1.54, 1.807) is 25.3 Å². The molecule has 2 aliphatic rings. The first-order valence-corrected chi connectivity index (χ1v) is 16.8. The topological polar surface area (TPSA) is 132 Å². The molecule has 9 nitrogen and oxygen atoms in total. The Morgan fingerprint density at radius 1 is 1.14 bits per heavy atom. The SMILES string of the molecule is Cc1c(C(=O)NCc2cnc(-c3ccc(CCCN4CCC[C@H]4C#N)cc3)s2)ccc2c1NC(=O)c1ccccc1S2(=O)=O. The van der Waals surface area contributed by atoms with Gasteiger partial charge in [-0.25, -0.2) is 13.4 Å². The van der Waals surface area contributed by atoms with Gasteiger partial charge in [0.25, 0.3) is 11.8 Å². The molecule has 0 bridgehead atoms. The van der Waals surface area contributed by atoms with Crippen LogP contribution in [0.15, 0.2) is 76.7 Å². The average Bonchev–Trinajstić information content (AvgIpc) is 3.69. The third-order valence-electron chi connectivity index (χ3n) is 8.22. The van der Waals surface area contributed by atoms with E-state index in [-0.39, 0.29) is 45.1 Å². The Kier molecular flexibility index (Phi) is 8.31. The van der Waals surface area contributed by atoms with Crippen molar-refractivity contribution in [1.29, 1.82) is 5.26 Å². The standard InChI is InChI=1S/C33H31N5O4S2/c1-21-26(14-15-29-30(21)37-32(40)27-8-2-3-9-28(27)44(29,41)42)31(39)35-19-25-20-36-33(43-25)23-12-10-22(11-13-23)6-4-16-38-17-5-7-24(38)18-34/h2-3,8-15,20,24H,4-7,16-17,19H2,1H3,(H,35,39)(H,37,40)/t24-/m0/s1. The highest BCUT2D eigenvalue weighted by molar-refractivity contribution is 7.91. The van der Waals surface area contributed by atoms with Crippen LogP contribution in [0.3, 0.4) is 0 Å². The number of amides is 2. The Morgan fingerprint density at radius 2 is 1.93 bits per heavy atom. The van der Waals surface area contributed by atoms with Gasteiger partial charge in [0.1, 0.15) is 5.01 Å². The molecule has 0 radical (unpaired) electrons. The quantitative estimate of drug-likeness (QED) is 0.269. The van der Waals surface area contributed by atoms with Gasteiger partial charge in [-0.15, -0.1) is 11.3 Å². The molecule has 3 heterocycles. The van der Waals surface area contributed by atoms with Crippen LogP contribution in [0.2, 0.25) is 0 Å². The summed E-state index contributed by atoms with van der Waals surface area (Å²) in [6.45, 7) is 3.83. The van der Waals surface area contributed by atoms with Crippen LogP contribution in [0.1, 0.15) is 56.0 Å². The summed E-state index contributed by atoms with van der Waals surface area (Å²) in [7, 11) is -3.96. The van der Waals surface area contributed by atoms with E-state index in [0.29, 0.717) is 5.56 Å². The number of nitrogens with zero attached hydrogens (tertiary/aromatic N) is 3. The predicted octanol–water partition coefficient (Wildman–Crippen LogP) is 5.37. The zero-order chi connectivity index (χ0) is 30.8. The number of rotatable bonds is 8. The fourth-order valence-corrected chi connectivity index (χ4v) is 8.35. The van der Waals surface area contributed by atoms with E-state index in [1.165, 1.54) is 41.2 Å². The van der Waals surface area contributed by atoms with Crippen molar-refractivity contribution in [3.05, 3.63) is 94.0 Å². The van der Waals surface area contributed by atoms with Gasteiger partial charge in [-0.2, -0.15) is 5.26 Å². The number of aromatic nitrogens is 1. The second kappa shape index (κ2) is 12.3. The number of hydrogen-bond donors (Lipinski definition) is 2. The molecule has 2 N–H and O–H groups in total. The summed E-state index contributed by atoms with van der Waals surface area (Å²) in [5, 5.41) is 15.7. The zero-order valence-electron chi connectivity index (χ0n) is 24.2. The van der Waals surface area contributed by atoms with E-state index < -0.39 is 15.7 Å². The van der Waals surface area contributed by atoms with Gasteiger partial charge in [-0.1, -0.05) is 36.4 Å².